The smallest absolute Gasteiger partial charge is 0.410 e. The summed E-state index contributed by atoms with van der Waals surface area (Å²) in [7, 11) is 0. The molecule has 1 N–H and O–H groups in total. The summed E-state index contributed by atoms with van der Waals surface area (Å²) in [6, 6.07) is 1.92. The monoisotopic (exact) mass is 376 g/mol. The summed E-state index contributed by atoms with van der Waals surface area (Å²) in [5.74, 6) is 0.0189. The lowest BCUT2D eigenvalue weighted by molar-refractivity contribution is 0.0220. The lowest BCUT2D eigenvalue weighted by Gasteiger charge is -2.30. The first-order valence-corrected chi connectivity index (χ1v) is 7.19. The van der Waals surface area contributed by atoms with Gasteiger partial charge in [-0.25, -0.2) is 9.78 Å². The Morgan fingerprint density at radius 2 is 2.21 bits per heavy atom. The van der Waals surface area contributed by atoms with E-state index in [0.29, 0.717) is 13.1 Å². The fourth-order valence-corrected chi connectivity index (χ4v) is 2.40. The molecule has 0 fully saturated rings. The third-order valence-corrected chi connectivity index (χ3v) is 3.56. The van der Waals surface area contributed by atoms with E-state index in [4.69, 9.17) is 4.74 Å². The van der Waals surface area contributed by atoms with E-state index < -0.39 is 5.60 Å². The number of nitrogens with zero attached hydrogens (tertiary/aromatic N) is 2. The summed E-state index contributed by atoms with van der Waals surface area (Å²) in [5.41, 5.74) is 1.33. The van der Waals surface area contributed by atoms with Gasteiger partial charge in [-0.05, 0) is 61.4 Å². The Bertz CT molecular complexity index is 511. The minimum atomic E-state index is -0.501. The van der Waals surface area contributed by atoms with Gasteiger partial charge < -0.3 is 14.7 Å². The fraction of sp³-hybridized carbons (Fsp3) is 0.538. The van der Waals surface area contributed by atoms with Crippen molar-refractivity contribution in [2.75, 3.05) is 6.54 Å². The summed E-state index contributed by atoms with van der Waals surface area (Å²) >= 11 is 2.05. The summed E-state index contributed by atoms with van der Waals surface area (Å²) in [6.45, 7) is 6.53. The number of halogens is 1. The summed E-state index contributed by atoms with van der Waals surface area (Å²) < 4.78 is 6.08. The molecule has 1 aromatic rings. The van der Waals surface area contributed by atoms with Gasteiger partial charge in [-0.1, -0.05) is 0 Å². The van der Waals surface area contributed by atoms with E-state index in [1.54, 1.807) is 4.90 Å². The molecule has 19 heavy (non-hydrogen) atoms. The van der Waals surface area contributed by atoms with Crippen LogP contribution in [0, 0.1) is 3.57 Å². The maximum atomic E-state index is 12.0. The van der Waals surface area contributed by atoms with E-state index in [0.717, 1.165) is 21.2 Å². The van der Waals surface area contributed by atoms with Crippen LogP contribution in [0.2, 0.25) is 0 Å². The number of aromatic hydroxyl groups is 1. The molecule has 0 spiro atoms. The molecule has 1 amide bonds. The predicted molar refractivity (Wildman–Crippen MR) is 79.0 cm³/mol. The second-order valence-electron chi connectivity index (χ2n) is 5.55. The van der Waals surface area contributed by atoms with Crippen LogP contribution in [0.15, 0.2) is 6.07 Å². The van der Waals surface area contributed by atoms with E-state index in [1.165, 1.54) is 0 Å². The van der Waals surface area contributed by atoms with Crippen molar-refractivity contribution in [1.29, 1.82) is 0 Å². The minimum absolute atomic E-state index is 0.0189. The van der Waals surface area contributed by atoms with Gasteiger partial charge in [0.15, 0.2) is 0 Å². The lowest BCUT2D eigenvalue weighted by Crippen LogP contribution is -2.40. The first-order chi connectivity index (χ1) is 8.76. The SMILES string of the molecule is CC(C)(C)OC(=O)N1CCc2cc(I)c(O)nc2C1. The van der Waals surface area contributed by atoms with Crippen molar-refractivity contribution in [2.45, 2.75) is 39.3 Å². The van der Waals surface area contributed by atoms with Crippen molar-refractivity contribution in [3.8, 4) is 5.88 Å². The maximum Gasteiger partial charge on any atom is 0.410 e. The molecule has 1 aromatic heterocycles. The highest BCUT2D eigenvalue weighted by molar-refractivity contribution is 14.1. The molecule has 0 radical (unpaired) electrons. The van der Waals surface area contributed by atoms with Crippen LogP contribution in [-0.2, 0) is 17.7 Å². The molecule has 104 valence electrons. The summed E-state index contributed by atoms with van der Waals surface area (Å²) in [4.78, 5) is 17.7. The minimum Gasteiger partial charge on any atom is -0.493 e. The largest absolute Gasteiger partial charge is 0.493 e. The van der Waals surface area contributed by atoms with Gasteiger partial charge in [0, 0.05) is 6.54 Å². The molecule has 1 aliphatic rings. The molecule has 1 aliphatic heterocycles. The second-order valence-corrected chi connectivity index (χ2v) is 6.71. The zero-order chi connectivity index (χ0) is 14.2. The van der Waals surface area contributed by atoms with Crippen molar-refractivity contribution in [2.24, 2.45) is 0 Å². The number of carbonyl (C=O) groups is 1. The third-order valence-electron chi connectivity index (χ3n) is 2.77. The van der Waals surface area contributed by atoms with Crippen molar-refractivity contribution >= 4 is 28.7 Å². The van der Waals surface area contributed by atoms with Gasteiger partial charge in [0.2, 0.25) is 5.88 Å². The van der Waals surface area contributed by atoms with Gasteiger partial charge in [-0.3, -0.25) is 0 Å². The Hall–Kier alpha value is -1.05. The van der Waals surface area contributed by atoms with E-state index in [1.807, 2.05) is 49.4 Å². The van der Waals surface area contributed by atoms with Crippen LogP contribution >= 0.6 is 22.6 Å². The zero-order valence-electron chi connectivity index (χ0n) is 11.2. The molecule has 6 heteroatoms. The second kappa shape index (κ2) is 5.15. The first-order valence-electron chi connectivity index (χ1n) is 6.11. The predicted octanol–water partition coefficient (Wildman–Crippen LogP) is 2.69. The van der Waals surface area contributed by atoms with Crippen LogP contribution < -0.4 is 0 Å². The molecule has 0 saturated carbocycles. The Morgan fingerprint density at radius 3 is 2.84 bits per heavy atom. The number of carbonyl (C=O) groups excluding carboxylic acids is 1. The van der Waals surface area contributed by atoms with Crippen LogP contribution in [0.3, 0.4) is 0 Å². The Balaban J connectivity index is 2.14. The molecule has 0 aromatic carbocycles. The quantitative estimate of drug-likeness (QED) is 0.708. The Morgan fingerprint density at radius 1 is 1.53 bits per heavy atom. The normalized spacial score (nSPS) is 15.1. The number of aromatic nitrogens is 1. The lowest BCUT2D eigenvalue weighted by atomic mass is 10.1. The fourth-order valence-electron chi connectivity index (χ4n) is 1.90. The highest BCUT2D eigenvalue weighted by Gasteiger charge is 2.26. The van der Waals surface area contributed by atoms with Gasteiger partial charge in [-0.15, -0.1) is 0 Å². The number of rotatable bonds is 0. The maximum absolute atomic E-state index is 12.0. The molecule has 5 nitrogen and oxygen atoms in total. The molecule has 0 atom stereocenters. The average Bonchev–Trinajstić information content (AvgIpc) is 2.27. The molecule has 0 aliphatic carbocycles. The van der Waals surface area contributed by atoms with Gasteiger partial charge in [0.05, 0.1) is 15.8 Å². The van der Waals surface area contributed by atoms with Crippen LogP contribution in [0.4, 0.5) is 4.79 Å². The van der Waals surface area contributed by atoms with E-state index >= 15 is 0 Å². The molecular formula is C13H17IN2O3. The van der Waals surface area contributed by atoms with Crippen LogP contribution in [0.25, 0.3) is 0 Å². The van der Waals surface area contributed by atoms with E-state index in [9.17, 15) is 9.90 Å². The van der Waals surface area contributed by atoms with Crippen molar-refractivity contribution in [3.63, 3.8) is 0 Å². The van der Waals surface area contributed by atoms with Crippen molar-refractivity contribution < 1.29 is 14.6 Å². The molecule has 0 bridgehead atoms. The Labute approximate surface area is 126 Å². The van der Waals surface area contributed by atoms with Crippen LogP contribution in [0.5, 0.6) is 5.88 Å². The molecule has 0 saturated heterocycles. The van der Waals surface area contributed by atoms with Crippen LogP contribution in [0.1, 0.15) is 32.0 Å². The van der Waals surface area contributed by atoms with Gasteiger partial charge in [-0.2, -0.15) is 0 Å². The standard InChI is InChI=1S/C13H17IN2O3/c1-13(2,3)19-12(18)16-5-4-8-6-9(14)11(17)15-10(8)7-16/h6H,4-5,7H2,1-3H3,(H,15,17). The Kier molecular flexibility index (Phi) is 3.89. The van der Waals surface area contributed by atoms with Gasteiger partial charge in [0.25, 0.3) is 0 Å². The highest BCUT2D eigenvalue weighted by Crippen LogP contribution is 2.25. The van der Waals surface area contributed by atoms with Crippen molar-refractivity contribution in [1.82, 2.24) is 9.88 Å². The van der Waals surface area contributed by atoms with E-state index in [-0.39, 0.29) is 12.0 Å². The number of pyridine rings is 1. The molecule has 2 heterocycles. The summed E-state index contributed by atoms with van der Waals surface area (Å²) in [5, 5.41) is 9.63. The number of fused-ring (bicyclic) bond motifs is 1. The first kappa shape index (κ1) is 14.4. The number of ether oxygens (including phenoxy) is 1. The molecule has 2 rings (SSSR count). The zero-order valence-corrected chi connectivity index (χ0v) is 13.4. The third kappa shape index (κ3) is 3.49. The van der Waals surface area contributed by atoms with Gasteiger partial charge >= 0.3 is 6.09 Å². The highest BCUT2D eigenvalue weighted by atomic mass is 127. The van der Waals surface area contributed by atoms with Crippen molar-refractivity contribution in [3.05, 3.63) is 20.9 Å². The molecular weight excluding hydrogens is 359 g/mol. The summed E-state index contributed by atoms with van der Waals surface area (Å²) in [6.07, 6.45) is 0.399. The van der Waals surface area contributed by atoms with Crippen LogP contribution in [-0.4, -0.2) is 33.2 Å². The number of hydrogen-bond acceptors (Lipinski definition) is 4. The van der Waals surface area contributed by atoms with Gasteiger partial charge in [0.1, 0.15) is 5.60 Å². The average molecular weight is 376 g/mol. The van der Waals surface area contributed by atoms with E-state index in [2.05, 4.69) is 4.98 Å². The topological polar surface area (TPSA) is 62.7 Å². The number of amides is 1. The molecule has 0 unspecified atom stereocenters. The number of hydrogen-bond donors (Lipinski definition) is 1.